The number of benzene rings is 1. The number of likely N-dealkylation sites (N-methyl/N-ethyl adjacent to an activating group) is 2. The number of amides is 1. The zero-order valence-corrected chi connectivity index (χ0v) is 20.2. The van der Waals surface area contributed by atoms with Gasteiger partial charge in [-0.1, -0.05) is 19.1 Å². The van der Waals surface area contributed by atoms with Crippen molar-refractivity contribution in [3.63, 3.8) is 0 Å². The Morgan fingerprint density at radius 3 is 2.72 bits per heavy atom. The third-order valence-corrected chi connectivity index (χ3v) is 4.82. The minimum atomic E-state index is -0.113. The summed E-state index contributed by atoms with van der Waals surface area (Å²) in [6.45, 7) is 11.4. The summed E-state index contributed by atoms with van der Waals surface area (Å²) in [4.78, 5) is 18.8. The van der Waals surface area contributed by atoms with E-state index in [0.717, 1.165) is 31.2 Å². The Morgan fingerprint density at radius 2 is 2.00 bits per heavy atom. The number of hydrogen-bond acceptors (Lipinski definition) is 4. The van der Waals surface area contributed by atoms with Crippen LogP contribution in [0.15, 0.2) is 29.3 Å². The third kappa shape index (κ3) is 9.20. The lowest BCUT2D eigenvalue weighted by molar-refractivity contribution is -0.122. The van der Waals surface area contributed by atoms with Crippen molar-refractivity contribution in [2.24, 2.45) is 4.99 Å². The monoisotopic (exact) mass is 517 g/mol. The van der Waals surface area contributed by atoms with E-state index in [2.05, 4.69) is 34.7 Å². The molecule has 1 aromatic rings. The molecule has 0 spiro atoms. The highest BCUT2D eigenvalue weighted by Crippen LogP contribution is 2.16. The van der Waals surface area contributed by atoms with E-state index in [1.165, 1.54) is 19.4 Å². The van der Waals surface area contributed by atoms with Crippen molar-refractivity contribution < 1.29 is 9.53 Å². The van der Waals surface area contributed by atoms with E-state index in [9.17, 15) is 4.79 Å². The van der Waals surface area contributed by atoms with E-state index in [1.807, 2.05) is 31.2 Å². The van der Waals surface area contributed by atoms with Gasteiger partial charge < -0.3 is 20.7 Å². The molecule has 164 valence electrons. The Kier molecular flexibility index (Phi) is 12.7. The van der Waals surface area contributed by atoms with Gasteiger partial charge in [0.2, 0.25) is 0 Å². The number of guanidine groups is 1. The lowest BCUT2D eigenvalue weighted by Crippen LogP contribution is -2.44. The van der Waals surface area contributed by atoms with Crippen LogP contribution in [-0.4, -0.2) is 62.1 Å². The van der Waals surface area contributed by atoms with Crippen molar-refractivity contribution in [3.05, 3.63) is 29.8 Å². The molecule has 1 saturated heterocycles. The first-order chi connectivity index (χ1) is 13.7. The zero-order chi connectivity index (χ0) is 20.2. The summed E-state index contributed by atoms with van der Waals surface area (Å²) in [7, 11) is 0. The maximum absolute atomic E-state index is 11.5. The van der Waals surface area contributed by atoms with E-state index >= 15 is 0 Å². The predicted molar refractivity (Wildman–Crippen MR) is 129 cm³/mol. The number of aliphatic imine (C=N–C) groups is 1. The van der Waals surface area contributed by atoms with Gasteiger partial charge in [0.15, 0.2) is 12.6 Å². The summed E-state index contributed by atoms with van der Waals surface area (Å²) in [6, 6.07) is 8.31. The molecule has 1 atom stereocenters. The summed E-state index contributed by atoms with van der Waals surface area (Å²) in [5.74, 6) is 1.40. The SMILES string of the molecule is CCNC(=O)COc1cccc(CN=C(NCC)NCC2CCCN2CC)c1.I. The Morgan fingerprint density at radius 1 is 1.21 bits per heavy atom. The van der Waals surface area contributed by atoms with Crippen molar-refractivity contribution in [1.82, 2.24) is 20.9 Å². The van der Waals surface area contributed by atoms with Gasteiger partial charge in [0.05, 0.1) is 6.54 Å². The molecule has 1 aliphatic heterocycles. The van der Waals surface area contributed by atoms with Crippen LogP contribution in [0.4, 0.5) is 0 Å². The number of likely N-dealkylation sites (tertiary alicyclic amines) is 1. The largest absolute Gasteiger partial charge is 0.484 e. The Hall–Kier alpha value is -1.55. The van der Waals surface area contributed by atoms with Crippen molar-refractivity contribution in [3.8, 4) is 5.75 Å². The number of carbonyl (C=O) groups is 1. The van der Waals surface area contributed by atoms with Crippen LogP contribution >= 0.6 is 24.0 Å². The smallest absolute Gasteiger partial charge is 0.257 e. The van der Waals surface area contributed by atoms with Crippen molar-refractivity contribution >= 4 is 35.8 Å². The molecule has 1 heterocycles. The fraction of sp³-hybridized carbons (Fsp3) is 0.619. The molecular formula is C21H36IN5O2. The van der Waals surface area contributed by atoms with E-state index in [0.29, 0.717) is 24.9 Å². The van der Waals surface area contributed by atoms with Crippen LogP contribution in [0, 0.1) is 0 Å². The lowest BCUT2D eigenvalue weighted by Gasteiger charge is -2.24. The van der Waals surface area contributed by atoms with E-state index in [1.54, 1.807) is 0 Å². The molecular weight excluding hydrogens is 481 g/mol. The first kappa shape index (κ1) is 25.5. The van der Waals surface area contributed by atoms with Gasteiger partial charge in [-0.05, 0) is 57.5 Å². The maximum atomic E-state index is 11.5. The lowest BCUT2D eigenvalue weighted by atomic mass is 10.2. The van der Waals surface area contributed by atoms with Crippen molar-refractivity contribution in [2.75, 3.05) is 39.3 Å². The van der Waals surface area contributed by atoms with Crippen molar-refractivity contribution in [1.29, 1.82) is 0 Å². The first-order valence-corrected chi connectivity index (χ1v) is 10.4. The summed E-state index contributed by atoms with van der Waals surface area (Å²) in [6.07, 6.45) is 2.52. The summed E-state index contributed by atoms with van der Waals surface area (Å²) in [5.41, 5.74) is 1.04. The van der Waals surface area contributed by atoms with Crippen LogP contribution < -0.4 is 20.7 Å². The summed E-state index contributed by atoms with van der Waals surface area (Å²) in [5, 5.41) is 9.52. The molecule has 7 nitrogen and oxygen atoms in total. The zero-order valence-electron chi connectivity index (χ0n) is 17.9. The first-order valence-electron chi connectivity index (χ1n) is 10.4. The molecule has 0 bridgehead atoms. The topological polar surface area (TPSA) is 78.0 Å². The van der Waals surface area contributed by atoms with E-state index < -0.39 is 0 Å². The average Bonchev–Trinajstić information content (AvgIpc) is 3.17. The second kappa shape index (κ2) is 14.4. The van der Waals surface area contributed by atoms with Gasteiger partial charge in [0, 0.05) is 25.7 Å². The molecule has 2 rings (SSSR count). The Bertz CT molecular complexity index is 641. The fourth-order valence-corrected chi connectivity index (χ4v) is 3.40. The van der Waals surface area contributed by atoms with Crippen LogP contribution in [0.5, 0.6) is 5.75 Å². The molecule has 1 aliphatic rings. The van der Waals surface area contributed by atoms with Crippen LogP contribution in [0.25, 0.3) is 0 Å². The molecule has 1 unspecified atom stereocenters. The molecule has 3 N–H and O–H groups in total. The second-order valence-corrected chi connectivity index (χ2v) is 6.89. The molecule has 0 radical (unpaired) electrons. The normalized spacial score (nSPS) is 16.8. The molecule has 1 amide bonds. The Balaban J connectivity index is 0.00000420. The molecule has 0 saturated carbocycles. The van der Waals surface area contributed by atoms with Crippen LogP contribution in [-0.2, 0) is 11.3 Å². The molecule has 0 aliphatic carbocycles. The molecule has 29 heavy (non-hydrogen) atoms. The third-order valence-electron chi connectivity index (χ3n) is 4.82. The van der Waals surface area contributed by atoms with Gasteiger partial charge in [0.1, 0.15) is 5.75 Å². The number of nitrogens with zero attached hydrogens (tertiary/aromatic N) is 2. The number of ether oxygens (including phenoxy) is 1. The average molecular weight is 517 g/mol. The number of rotatable bonds is 10. The summed E-state index contributed by atoms with van der Waals surface area (Å²) >= 11 is 0. The van der Waals surface area contributed by atoms with Gasteiger partial charge >= 0.3 is 0 Å². The number of hydrogen-bond donors (Lipinski definition) is 3. The maximum Gasteiger partial charge on any atom is 0.257 e. The molecule has 8 heteroatoms. The molecule has 1 fully saturated rings. The van der Waals surface area contributed by atoms with Crippen LogP contribution in [0.2, 0.25) is 0 Å². The van der Waals surface area contributed by atoms with Gasteiger partial charge in [0.25, 0.3) is 5.91 Å². The number of halogens is 1. The van der Waals surface area contributed by atoms with Gasteiger partial charge in [-0.15, -0.1) is 24.0 Å². The standard InChI is InChI=1S/C21H35N5O2.HI/c1-4-22-20(27)16-28-19-11-7-9-17(13-19)14-24-21(23-5-2)25-15-18-10-8-12-26(18)6-3;/h7,9,11,13,18H,4-6,8,10,12,14-16H2,1-3H3,(H,22,27)(H2,23,24,25);1H. The van der Waals surface area contributed by atoms with Gasteiger partial charge in [-0.3, -0.25) is 9.69 Å². The highest BCUT2D eigenvalue weighted by atomic mass is 127. The van der Waals surface area contributed by atoms with Crippen LogP contribution in [0.1, 0.15) is 39.2 Å². The second-order valence-electron chi connectivity index (χ2n) is 6.89. The minimum absolute atomic E-state index is 0. The van der Waals surface area contributed by atoms with Gasteiger partial charge in [-0.2, -0.15) is 0 Å². The minimum Gasteiger partial charge on any atom is -0.484 e. The number of nitrogens with one attached hydrogen (secondary N) is 3. The summed E-state index contributed by atoms with van der Waals surface area (Å²) < 4.78 is 5.56. The quantitative estimate of drug-likeness (QED) is 0.253. The fourth-order valence-electron chi connectivity index (χ4n) is 3.40. The van der Waals surface area contributed by atoms with E-state index in [-0.39, 0.29) is 36.5 Å². The van der Waals surface area contributed by atoms with Crippen molar-refractivity contribution in [2.45, 2.75) is 46.2 Å². The molecule has 1 aromatic carbocycles. The highest BCUT2D eigenvalue weighted by Gasteiger charge is 2.22. The highest BCUT2D eigenvalue weighted by molar-refractivity contribution is 14.0. The number of carbonyl (C=O) groups excluding carboxylic acids is 1. The molecule has 0 aromatic heterocycles. The predicted octanol–water partition coefficient (Wildman–Crippen LogP) is 2.36. The Labute approximate surface area is 192 Å². The van der Waals surface area contributed by atoms with E-state index in [4.69, 9.17) is 9.73 Å². The van der Waals surface area contributed by atoms with Gasteiger partial charge in [-0.25, -0.2) is 4.99 Å². The van der Waals surface area contributed by atoms with Crippen LogP contribution in [0.3, 0.4) is 0 Å².